The van der Waals surface area contributed by atoms with Gasteiger partial charge >= 0.3 is 0 Å². The first-order valence-corrected chi connectivity index (χ1v) is 14.9. The third kappa shape index (κ3) is 5.76. The van der Waals surface area contributed by atoms with Gasteiger partial charge in [0.05, 0.1) is 17.5 Å². The number of hydrogen-bond donors (Lipinski definition) is 3. The number of fused-ring (bicyclic) bond motifs is 2. The fourth-order valence-electron chi connectivity index (χ4n) is 6.41. The number of hydrogen-bond acceptors (Lipinski definition) is 4. The van der Waals surface area contributed by atoms with E-state index in [1.54, 1.807) is 68.7 Å². The smallest absolute Gasteiger partial charge is 0.242 e. The Morgan fingerprint density at radius 1 is 1.05 bits per heavy atom. The van der Waals surface area contributed by atoms with Crippen LogP contribution in [-0.2, 0) is 26.2 Å². The average molecular weight is 626 g/mol. The van der Waals surface area contributed by atoms with Crippen molar-refractivity contribution in [1.29, 1.82) is 0 Å². The summed E-state index contributed by atoms with van der Waals surface area (Å²) in [6.45, 7) is 6.18. The summed E-state index contributed by atoms with van der Waals surface area (Å²) in [5, 5.41) is 9.75. The molecule has 4 unspecified atom stereocenters. The number of amides is 3. The molecule has 2 heterocycles. The second kappa shape index (κ2) is 11.6. The summed E-state index contributed by atoms with van der Waals surface area (Å²) in [5.41, 5.74) is 1.09. The van der Waals surface area contributed by atoms with Crippen molar-refractivity contribution in [1.82, 2.24) is 10.2 Å². The molecule has 4 atom stereocenters. The van der Waals surface area contributed by atoms with E-state index >= 15 is 4.39 Å². The van der Waals surface area contributed by atoms with Crippen LogP contribution in [0.15, 0.2) is 60.7 Å². The van der Waals surface area contributed by atoms with E-state index in [0.717, 1.165) is 5.56 Å². The minimum absolute atomic E-state index is 0.0371. The first-order chi connectivity index (χ1) is 20.2. The van der Waals surface area contributed by atoms with Gasteiger partial charge in [0.25, 0.3) is 0 Å². The second-order valence-corrected chi connectivity index (χ2v) is 13.6. The molecule has 3 N–H and O–H groups in total. The van der Waals surface area contributed by atoms with Crippen LogP contribution in [0.2, 0.25) is 10.0 Å². The highest BCUT2D eigenvalue weighted by Crippen LogP contribution is 2.57. The predicted octanol–water partition coefficient (Wildman–Crippen LogP) is 6.15. The third-order valence-corrected chi connectivity index (χ3v) is 8.82. The molecular formula is C33H35Cl2FN4O3. The molecule has 0 radical (unpaired) electrons. The van der Waals surface area contributed by atoms with Gasteiger partial charge in [-0.25, -0.2) is 4.39 Å². The number of nitrogens with zero attached hydrogens (tertiary/aromatic N) is 1. The SMILES string of the molecule is CN(C)C(=O)Cc1ccc(NC(=O)C2NC(CC(C)(C)C)C3(C(=O)Nc4cc(Cl)ccc43)C2c2cccc(Cl)c2F)cc1. The molecule has 7 nitrogen and oxygen atoms in total. The van der Waals surface area contributed by atoms with Crippen LogP contribution in [0.5, 0.6) is 0 Å². The summed E-state index contributed by atoms with van der Waals surface area (Å²) in [4.78, 5) is 42.0. The van der Waals surface area contributed by atoms with Crippen molar-refractivity contribution in [2.24, 2.45) is 5.41 Å². The lowest BCUT2D eigenvalue weighted by Gasteiger charge is -2.37. The number of benzene rings is 3. The van der Waals surface area contributed by atoms with Gasteiger partial charge < -0.3 is 20.9 Å². The summed E-state index contributed by atoms with van der Waals surface area (Å²) < 4.78 is 15.9. The molecule has 0 bridgehead atoms. The number of anilines is 2. The third-order valence-electron chi connectivity index (χ3n) is 8.30. The molecule has 1 saturated heterocycles. The van der Waals surface area contributed by atoms with Crippen LogP contribution in [0.1, 0.15) is 49.8 Å². The Kier molecular flexibility index (Phi) is 8.33. The van der Waals surface area contributed by atoms with Crippen molar-refractivity contribution in [2.75, 3.05) is 24.7 Å². The maximum absolute atomic E-state index is 15.9. The van der Waals surface area contributed by atoms with E-state index in [2.05, 4.69) is 36.7 Å². The normalized spacial score (nSPS) is 22.8. The lowest BCUT2D eigenvalue weighted by molar-refractivity contribution is -0.128. The monoisotopic (exact) mass is 624 g/mol. The van der Waals surface area contributed by atoms with Gasteiger partial charge in [-0.1, -0.05) is 74.3 Å². The fourth-order valence-corrected chi connectivity index (χ4v) is 6.76. The second-order valence-electron chi connectivity index (χ2n) is 12.7. The van der Waals surface area contributed by atoms with E-state index in [-0.39, 0.29) is 34.2 Å². The van der Waals surface area contributed by atoms with Gasteiger partial charge in [-0.15, -0.1) is 0 Å². The zero-order valence-electron chi connectivity index (χ0n) is 24.7. The highest BCUT2D eigenvalue weighted by molar-refractivity contribution is 6.31. The average Bonchev–Trinajstić information content (AvgIpc) is 3.40. The number of carbonyl (C=O) groups excluding carboxylic acids is 3. The van der Waals surface area contributed by atoms with E-state index in [9.17, 15) is 14.4 Å². The van der Waals surface area contributed by atoms with Crippen molar-refractivity contribution < 1.29 is 18.8 Å². The van der Waals surface area contributed by atoms with Gasteiger partial charge in [0.15, 0.2) is 0 Å². The highest BCUT2D eigenvalue weighted by Gasteiger charge is 2.66. The van der Waals surface area contributed by atoms with E-state index in [4.69, 9.17) is 23.2 Å². The molecule has 3 aromatic rings. The molecule has 1 fully saturated rings. The number of nitrogens with one attached hydrogen (secondary N) is 3. The molecule has 43 heavy (non-hydrogen) atoms. The Balaban J connectivity index is 1.60. The quantitative estimate of drug-likeness (QED) is 0.307. The fraction of sp³-hybridized carbons (Fsp3) is 0.364. The largest absolute Gasteiger partial charge is 0.349 e. The van der Waals surface area contributed by atoms with Crippen LogP contribution in [-0.4, -0.2) is 48.8 Å². The molecule has 226 valence electrons. The van der Waals surface area contributed by atoms with E-state index < -0.39 is 35.1 Å². The first kappa shape index (κ1) is 31.0. The summed E-state index contributed by atoms with van der Waals surface area (Å²) in [6.07, 6.45) is 0.747. The maximum atomic E-state index is 15.9. The number of rotatable bonds is 6. The first-order valence-electron chi connectivity index (χ1n) is 14.1. The van der Waals surface area contributed by atoms with Crippen LogP contribution in [0.3, 0.4) is 0 Å². The molecule has 5 rings (SSSR count). The van der Waals surface area contributed by atoms with E-state index in [1.165, 1.54) is 11.0 Å². The number of halogens is 3. The van der Waals surface area contributed by atoms with Crippen molar-refractivity contribution in [3.8, 4) is 0 Å². The topological polar surface area (TPSA) is 90.5 Å². The molecule has 3 amide bonds. The van der Waals surface area contributed by atoms with Gasteiger partial charge in [0.2, 0.25) is 17.7 Å². The van der Waals surface area contributed by atoms with Crippen molar-refractivity contribution in [2.45, 2.75) is 57.0 Å². The molecular weight excluding hydrogens is 590 g/mol. The summed E-state index contributed by atoms with van der Waals surface area (Å²) in [6, 6.07) is 15.3. The van der Waals surface area contributed by atoms with Gasteiger partial charge in [-0.2, -0.15) is 0 Å². The lowest BCUT2D eigenvalue weighted by atomic mass is 9.62. The minimum Gasteiger partial charge on any atom is -0.349 e. The Morgan fingerprint density at radius 3 is 2.40 bits per heavy atom. The zero-order chi connectivity index (χ0) is 31.3. The molecule has 3 aromatic carbocycles. The van der Waals surface area contributed by atoms with Crippen molar-refractivity contribution in [3.05, 3.63) is 93.2 Å². The molecule has 0 aromatic heterocycles. The highest BCUT2D eigenvalue weighted by atomic mass is 35.5. The number of carbonyl (C=O) groups is 3. The summed E-state index contributed by atoms with van der Waals surface area (Å²) in [5.74, 6) is -2.41. The Hall–Kier alpha value is -3.46. The Labute approximate surface area is 261 Å². The Morgan fingerprint density at radius 2 is 1.74 bits per heavy atom. The minimum atomic E-state index is -1.34. The maximum Gasteiger partial charge on any atom is 0.242 e. The predicted molar refractivity (Wildman–Crippen MR) is 168 cm³/mol. The van der Waals surface area contributed by atoms with Gasteiger partial charge in [-0.05, 0) is 58.9 Å². The molecule has 2 aliphatic heterocycles. The summed E-state index contributed by atoms with van der Waals surface area (Å²) >= 11 is 12.6. The van der Waals surface area contributed by atoms with Crippen molar-refractivity contribution in [3.63, 3.8) is 0 Å². The van der Waals surface area contributed by atoms with Crippen LogP contribution < -0.4 is 16.0 Å². The zero-order valence-corrected chi connectivity index (χ0v) is 26.2. The molecule has 1 spiro atoms. The molecule has 2 aliphatic rings. The Bertz CT molecular complexity index is 1590. The lowest BCUT2D eigenvalue weighted by Crippen LogP contribution is -2.49. The molecule has 0 aliphatic carbocycles. The standard InChI is InChI=1S/C33H35Cl2FN4O3/c1-32(2,3)17-25-33(22-14-11-19(34)16-24(22)38-31(33)43)27(21-7-6-8-23(35)28(21)36)29(39-25)30(42)37-20-12-9-18(10-13-20)15-26(41)40(4)5/h6-14,16,25,27,29,39H,15,17H2,1-5H3,(H,37,42)(H,38,43). The van der Waals surface area contributed by atoms with Crippen LogP contribution in [0, 0.1) is 11.2 Å². The molecule has 10 heteroatoms. The van der Waals surface area contributed by atoms with Gasteiger partial charge in [0, 0.05) is 42.5 Å². The number of likely N-dealkylation sites (N-methyl/N-ethyl adjacent to an activating group) is 1. The van der Waals surface area contributed by atoms with Crippen LogP contribution >= 0.6 is 23.2 Å². The summed E-state index contributed by atoms with van der Waals surface area (Å²) in [7, 11) is 3.39. The van der Waals surface area contributed by atoms with Gasteiger partial charge in [-0.3, -0.25) is 14.4 Å². The van der Waals surface area contributed by atoms with Crippen molar-refractivity contribution >= 4 is 52.3 Å². The van der Waals surface area contributed by atoms with Gasteiger partial charge in [0.1, 0.15) is 11.2 Å². The molecule has 0 saturated carbocycles. The van der Waals surface area contributed by atoms with E-state index in [0.29, 0.717) is 28.4 Å². The van der Waals surface area contributed by atoms with E-state index in [1.807, 2.05) is 0 Å². The van der Waals surface area contributed by atoms with Crippen LogP contribution in [0.4, 0.5) is 15.8 Å². The van der Waals surface area contributed by atoms with Crippen LogP contribution in [0.25, 0.3) is 0 Å².